The van der Waals surface area contributed by atoms with Crippen LogP contribution in [-0.2, 0) is 14.6 Å². The van der Waals surface area contributed by atoms with Gasteiger partial charge in [-0.15, -0.1) is 0 Å². The topological polar surface area (TPSA) is 113 Å². The van der Waals surface area contributed by atoms with E-state index in [9.17, 15) is 13.2 Å². The largest absolute Gasteiger partial charge is 0.382 e. The average Bonchev–Trinajstić information content (AvgIpc) is 2.80. The number of piperidine rings is 1. The number of likely N-dealkylation sites (tertiary alicyclic amines) is 1. The Kier molecular flexibility index (Phi) is 6.61. The molecule has 2 aliphatic heterocycles. The standard InChI is InChI=1S/C22H30N6O3S/c1-17-6-5-7-18(14-17)32(30,31)19-15-24-22(25-21(19)23)28-12-10-26(11-13-28)16-20(29)27-8-3-2-4-9-27/h5-7,14-15H,2-4,8-13,16H2,1H3,(H2,23,24,25). The molecular weight excluding hydrogens is 428 g/mol. The van der Waals surface area contributed by atoms with E-state index in [-0.39, 0.29) is 21.5 Å². The zero-order chi connectivity index (χ0) is 22.7. The molecule has 0 radical (unpaired) electrons. The second-order valence-electron chi connectivity index (χ2n) is 8.44. The second kappa shape index (κ2) is 9.41. The third-order valence-corrected chi connectivity index (χ3v) is 7.85. The Morgan fingerprint density at radius 2 is 1.78 bits per heavy atom. The van der Waals surface area contributed by atoms with Gasteiger partial charge in [-0.25, -0.2) is 13.4 Å². The van der Waals surface area contributed by atoms with Crippen molar-refractivity contribution in [3.05, 3.63) is 36.0 Å². The lowest BCUT2D eigenvalue weighted by Crippen LogP contribution is -2.51. The molecule has 2 aromatic rings. The van der Waals surface area contributed by atoms with E-state index in [0.717, 1.165) is 31.5 Å². The van der Waals surface area contributed by atoms with Gasteiger partial charge in [-0.05, 0) is 43.9 Å². The van der Waals surface area contributed by atoms with Crippen LogP contribution >= 0.6 is 0 Å². The molecule has 2 N–H and O–H groups in total. The Morgan fingerprint density at radius 1 is 1.06 bits per heavy atom. The summed E-state index contributed by atoms with van der Waals surface area (Å²) in [5, 5.41) is 0. The van der Waals surface area contributed by atoms with Crippen LogP contribution < -0.4 is 10.6 Å². The fraction of sp³-hybridized carbons (Fsp3) is 0.500. The number of rotatable bonds is 5. The van der Waals surface area contributed by atoms with E-state index in [2.05, 4.69) is 14.9 Å². The number of nitrogens with zero attached hydrogens (tertiary/aromatic N) is 5. The van der Waals surface area contributed by atoms with Crippen LogP contribution in [-0.4, -0.2) is 79.9 Å². The van der Waals surface area contributed by atoms with E-state index in [4.69, 9.17) is 5.73 Å². The number of hydrogen-bond donors (Lipinski definition) is 1. The van der Waals surface area contributed by atoms with Gasteiger partial charge in [0, 0.05) is 39.3 Å². The molecule has 4 rings (SSSR count). The number of hydrogen-bond acceptors (Lipinski definition) is 8. The molecule has 1 aromatic carbocycles. The first-order chi connectivity index (χ1) is 15.3. The molecule has 9 nitrogen and oxygen atoms in total. The van der Waals surface area contributed by atoms with Gasteiger partial charge in [-0.3, -0.25) is 9.69 Å². The number of carbonyl (C=O) groups excluding carboxylic acids is 1. The van der Waals surface area contributed by atoms with Crippen LogP contribution in [0.3, 0.4) is 0 Å². The summed E-state index contributed by atoms with van der Waals surface area (Å²) in [7, 11) is -3.79. The molecule has 3 heterocycles. The fourth-order valence-electron chi connectivity index (χ4n) is 4.18. The van der Waals surface area contributed by atoms with Crippen molar-refractivity contribution in [1.29, 1.82) is 0 Å². The van der Waals surface area contributed by atoms with Crippen LogP contribution in [0, 0.1) is 6.92 Å². The number of nitrogens with two attached hydrogens (primary N) is 1. The van der Waals surface area contributed by atoms with E-state index in [1.54, 1.807) is 18.2 Å². The highest BCUT2D eigenvalue weighted by molar-refractivity contribution is 7.91. The summed E-state index contributed by atoms with van der Waals surface area (Å²) >= 11 is 0. The van der Waals surface area contributed by atoms with Gasteiger partial charge >= 0.3 is 0 Å². The number of anilines is 2. The minimum Gasteiger partial charge on any atom is -0.382 e. The Balaban J connectivity index is 1.39. The third kappa shape index (κ3) is 4.86. The molecule has 0 bridgehead atoms. The molecule has 2 saturated heterocycles. The van der Waals surface area contributed by atoms with Gasteiger partial charge < -0.3 is 15.5 Å². The molecule has 2 fully saturated rings. The molecule has 1 aromatic heterocycles. The molecule has 0 aliphatic carbocycles. The van der Waals surface area contributed by atoms with Crippen molar-refractivity contribution in [3.8, 4) is 0 Å². The predicted octanol–water partition coefficient (Wildman–Crippen LogP) is 1.33. The monoisotopic (exact) mass is 458 g/mol. The van der Waals surface area contributed by atoms with Crippen LogP contribution in [0.5, 0.6) is 0 Å². The van der Waals surface area contributed by atoms with Crippen molar-refractivity contribution in [2.75, 3.05) is 56.4 Å². The summed E-state index contributed by atoms with van der Waals surface area (Å²) in [6, 6.07) is 6.68. The number of sulfone groups is 1. The maximum absolute atomic E-state index is 13.0. The Bertz CT molecular complexity index is 1080. The van der Waals surface area contributed by atoms with Crippen LogP contribution in [0.1, 0.15) is 24.8 Å². The number of aromatic nitrogens is 2. The molecule has 1 amide bonds. The van der Waals surface area contributed by atoms with Crippen molar-refractivity contribution >= 4 is 27.5 Å². The Morgan fingerprint density at radius 3 is 2.44 bits per heavy atom. The van der Waals surface area contributed by atoms with E-state index in [0.29, 0.717) is 38.7 Å². The van der Waals surface area contributed by atoms with Crippen LogP contribution in [0.2, 0.25) is 0 Å². The molecule has 32 heavy (non-hydrogen) atoms. The summed E-state index contributed by atoms with van der Waals surface area (Å²) in [5.74, 6) is 0.552. The number of benzene rings is 1. The smallest absolute Gasteiger partial charge is 0.236 e. The Labute approximate surface area is 189 Å². The highest BCUT2D eigenvalue weighted by Gasteiger charge is 2.26. The predicted molar refractivity (Wildman–Crippen MR) is 122 cm³/mol. The zero-order valence-electron chi connectivity index (χ0n) is 18.4. The van der Waals surface area contributed by atoms with E-state index in [1.165, 1.54) is 12.6 Å². The van der Waals surface area contributed by atoms with Gasteiger partial charge in [-0.1, -0.05) is 12.1 Å². The van der Waals surface area contributed by atoms with Crippen molar-refractivity contribution in [2.24, 2.45) is 0 Å². The molecule has 0 saturated carbocycles. The lowest BCUT2D eigenvalue weighted by molar-refractivity contribution is -0.133. The summed E-state index contributed by atoms with van der Waals surface area (Å²) < 4.78 is 25.9. The van der Waals surface area contributed by atoms with E-state index >= 15 is 0 Å². The van der Waals surface area contributed by atoms with Crippen LogP contribution in [0.4, 0.5) is 11.8 Å². The third-order valence-electron chi connectivity index (χ3n) is 6.08. The highest BCUT2D eigenvalue weighted by atomic mass is 32.2. The fourth-order valence-corrected chi connectivity index (χ4v) is 5.55. The lowest BCUT2D eigenvalue weighted by atomic mass is 10.1. The summed E-state index contributed by atoms with van der Waals surface area (Å²) in [6.45, 7) is 6.73. The molecular formula is C22H30N6O3S. The first kappa shape index (κ1) is 22.5. The first-order valence-corrected chi connectivity index (χ1v) is 12.5. The molecule has 0 atom stereocenters. The van der Waals surface area contributed by atoms with Crippen molar-refractivity contribution < 1.29 is 13.2 Å². The van der Waals surface area contributed by atoms with E-state index < -0.39 is 9.84 Å². The average molecular weight is 459 g/mol. The molecule has 2 aliphatic rings. The minimum atomic E-state index is -3.79. The first-order valence-electron chi connectivity index (χ1n) is 11.0. The minimum absolute atomic E-state index is 0.0563. The van der Waals surface area contributed by atoms with Gasteiger partial charge in [0.15, 0.2) is 0 Å². The number of aryl methyl sites for hydroxylation is 1. The maximum atomic E-state index is 13.0. The molecule has 0 spiro atoms. The Hall–Kier alpha value is -2.72. The van der Waals surface area contributed by atoms with Crippen molar-refractivity contribution in [1.82, 2.24) is 19.8 Å². The van der Waals surface area contributed by atoms with Gasteiger partial charge in [0.05, 0.1) is 17.6 Å². The molecule has 0 unspecified atom stereocenters. The summed E-state index contributed by atoms with van der Waals surface area (Å²) in [4.78, 5) is 27.3. The number of carbonyl (C=O) groups is 1. The second-order valence-corrected chi connectivity index (χ2v) is 10.4. The van der Waals surface area contributed by atoms with Crippen molar-refractivity contribution in [2.45, 2.75) is 36.0 Å². The zero-order valence-corrected chi connectivity index (χ0v) is 19.2. The quantitative estimate of drug-likeness (QED) is 0.714. The normalized spacial score (nSPS) is 18.0. The maximum Gasteiger partial charge on any atom is 0.236 e. The van der Waals surface area contributed by atoms with Crippen molar-refractivity contribution in [3.63, 3.8) is 0 Å². The molecule has 172 valence electrons. The summed E-state index contributed by atoms with van der Waals surface area (Å²) in [6.07, 6.45) is 4.68. The number of piperazine rings is 1. The highest BCUT2D eigenvalue weighted by Crippen LogP contribution is 2.26. The van der Waals surface area contributed by atoms with Gasteiger partial charge in [0.2, 0.25) is 21.7 Å². The SMILES string of the molecule is Cc1cccc(S(=O)(=O)c2cnc(N3CCN(CC(=O)N4CCCCC4)CC3)nc2N)c1. The van der Waals surface area contributed by atoms with Gasteiger partial charge in [-0.2, -0.15) is 4.98 Å². The number of nitrogen functional groups attached to an aromatic ring is 1. The van der Waals surface area contributed by atoms with E-state index in [1.807, 2.05) is 22.8 Å². The molecule has 10 heteroatoms. The van der Waals surface area contributed by atoms with Gasteiger partial charge in [0.1, 0.15) is 10.7 Å². The van der Waals surface area contributed by atoms with Gasteiger partial charge in [0.25, 0.3) is 0 Å². The van der Waals surface area contributed by atoms with Crippen LogP contribution in [0.15, 0.2) is 40.3 Å². The number of amides is 1. The van der Waals surface area contributed by atoms with Crippen LogP contribution in [0.25, 0.3) is 0 Å². The summed E-state index contributed by atoms with van der Waals surface area (Å²) in [5.41, 5.74) is 6.89. The lowest BCUT2D eigenvalue weighted by Gasteiger charge is -2.36.